The first-order chi connectivity index (χ1) is 14.3. The second-order valence-electron chi connectivity index (χ2n) is 9.53. The summed E-state index contributed by atoms with van der Waals surface area (Å²) < 4.78 is 2.73. The van der Waals surface area contributed by atoms with Gasteiger partial charge in [0.25, 0.3) is 0 Å². The monoisotopic (exact) mass is 506 g/mol. The van der Waals surface area contributed by atoms with Crippen molar-refractivity contribution in [3.05, 3.63) is 85.6 Å². The first-order valence-corrected chi connectivity index (χ1v) is 17.9. The topological polar surface area (TPSA) is 17.3 Å². The molecule has 0 radical (unpaired) electrons. The number of anilines is 1. The van der Waals surface area contributed by atoms with Crippen molar-refractivity contribution in [2.45, 2.75) is 38.1 Å². The second-order valence-corrected chi connectivity index (χ2v) is 16.5. The second kappa shape index (κ2) is 9.65. The Balaban J connectivity index is 0.000000645. The molecule has 6 heteroatoms. The van der Waals surface area contributed by atoms with Gasteiger partial charge in [-0.2, -0.15) is 0 Å². The molecule has 0 amide bonds. The summed E-state index contributed by atoms with van der Waals surface area (Å²) in [6.07, 6.45) is 19.0. The molecule has 2 nitrogen and oxygen atoms in total. The number of para-hydroxylation sites is 2. The molecule has 1 fully saturated rings. The normalized spacial score (nSPS) is 30.9. The van der Waals surface area contributed by atoms with Crippen molar-refractivity contribution < 1.29 is 17.0 Å². The zero-order chi connectivity index (χ0) is 21.5. The number of hydrogen-bond donors (Lipinski definition) is 0. The predicted molar refractivity (Wildman–Crippen MR) is 136 cm³/mol. The molecule has 0 N–H and O–H groups in total. The number of nitrogens with zero attached hydrogens (tertiary/aromatic N) is 2. The van der Waals surface area contributed by atoms with Crippen LogP contribution in [0.15, 0.2) is 72.9 Å². The Morgan fingerprint density at radius 3 is 1.84 bits per heavy atom. The van der Waals surface area contributed by atoms with Crippen molar-refractivity contribution in [3.8, 4) is 0 Å². The minimum absolute atomic E-state index is 0. The average Bonchev–Trinajstić information content (AvgIpc) is 3.19. The van der Waals surface area contributed by atoms with E-state index in [9.17, 15) is 0 Å². The maximum absolute atomic E-state index is 5.11. The number of allylic oxidation sites excluding steroid dienone is 8. The first-order valence-electron chi connectivity index (χ1n) is 10.6. The third-order valence-corrected chi connectivity index (χ3v) is 11.5. The van der Waals surface area contributed by atoms with E-state index < -0.39 is 25.3 Å². The summed E-state index contributed by atoms with van der Waals surface area (Å²) in [5, 5.41) is 5.11. The number of rotatable bonds is 2. The van der Waals surface area contributed by atoms with Crippen LogP contribution in [0.5, 0.6) is 0 Å². The van der Waals surface area contributed by atoms with Gasteiger partial charge >= 0.3 is 35.6 Å². The van der Waals surface area contributed by atoms with Gasteiger partial charge in [0, 0.05) is 5.69 Å². The van der Waals surface area contributed by atoms with Crippen molar-refractivity contribution in [1.29, 1.82) is 0 Å². The van der Waals surface area contributed by atoms with Gasteiger partial charge in [0.05, 0.1) is 0 Å². The minimum atomic E-state index is -1.87. The fourth-order valence-corrected chi connectivity index (χ4v) is 11.6. The summed E-state index contributed by atoms with van der Waals surface area (Å²) in [4.78, 5) is 0. The molecule has 0 aromatic heterocycles. The van der Waals surface area contributed by atoms with Gasteiger partial charge in [-0.05, 0) is 40.9 Å². The van der Waals surface area contributed by atoms with Crippen molar-refractivity contribution in [2.24, 2.45) is 23.7 Å². The number of hydrogen-bond acceptors (Lipinski definition) is 1. The van der Waals surface area contributed by atoms with Crippen LogP contribution < -0.4 is 4.57 Å². The molecule has 31 heavy (non-hydrogen) atoms. The Morgan fingerprint density at radius 2 is 1.32 bits per heavy atom. The summed E-state index contributed by atoms with van der Waals surface area (Å²) >= 11 is -0.556. The summed E-state index contributed by atoms with van der Waals surface area (Å²) in [6, 6.07) is 8.73. The van der Waals surface area contributed by atoms with Gasteiger partial charge in [-0.15, -0.1) is 5.69 Å². The molecule has 166 valence electrons. The van der Waals surface area contributed by atoms with E-state index in [0.717, 1.165) is 5.69 Å². The van der Waals surface area contributed by atoms with Gasteiger partial charge in [-0.3, -0.25) is 0 Å². The van der Waals surface area contributed by atoms with E-state index in [1.807, 2.05) is 0 Å². The van der Waals surface area contributed by atoms with Crippen LogP contribution in [0.25, 0.3) is 5.32 Å². The van der Waals surface area contributed by atoms with Gasteiger partial charge in [-0.25, -0.2) is 0 Å². The molecule has 1 aromatic carbocycles. The van der Waals surface area contributed by atoms with Gasteiger partial charge in [0.1, 0.15) is 0 Å². The molecule has 4 unspecified atom stereocenters. The average molecular weight is 507 g/mol. The Morgan fingerprint density at radius 1 is 0.871 bits per heavy atom. The van der Waals surface area contributed by atoms with E-state index in [0.29, 0.717) is 29.2 Å². The van der Waals surface area contributed by atoms with E-state index in [1.165, 1.54) is 5.69 Å². The van der Waals surface area contributed by atoms with Crippen LogP contribution >= 0.6 is 18.6 Å². The molecule has 0 spiro atoms. The molecule has 0 saturated heterocycles. The molecule has 4 aliphatic rings. The Hall–Kier alpha value is -0.709. The molecule has 1 aromatic rings. The van der Waals surface area contributed by atoms with E-state index >= 15 is 0 Å². The van der Waals surface area contributed by atoms with Gasteiger partial charge in [0.15, 0.2) is 8.24 Å². The molecule has 3 aliphatic carbocycles. The summed E-state index contributed by atoms with van der Waals surface area (Å²) in [5.74, 6) is 2.53. The first kappa shape index (κ1) is 24.9. The number of fused-ring (bicyclic) bond motifs is 4. The number of halogens is 2. The van der Waals surface area contributed by atoms with Crippen molar-refractivity contribution in [1.82, 2.24) is 0 Å². The van der Waals surface area contributed by atoms with Crippen LogP contribution in [-0.2, 0) is 17.0 Å². The standard InChI is InChI=1S/C24H29N2Si.CH3.2ClH.Ti/c1-24(2)25-21-15-9-10-16-22(21)26(24)27(3,4)23-19-13-7-5-11-17(19)18-12-6-8-14-20(18)23;;;;/h5-20,23H,1-4H3;1H3;2*1H;/q2*-1;;;+2/p-2. The van der Waals surface area contributed by atoms with Gasteiger partial charge in [-0.1, -0.05) is 93.7 Å². The fourth-order valence-electron chi connectivity index (χ4n) is 6.52. The summed E-state index contributed by atoms with van der Waals surface area (Å²) in [6.45, 7) is 9.74. The third-order valence-electron chi connectivity index (χ3n) is 7.17. The molecule has 0 bridgehead atoms. The molecular formula is C25H32Cl2N2SiTi-2. The van der Waals surface area contributed by atoms with E-state index in [-0.39, 0.29) is 13.1 Å². The van der Waals surface area contributed by atoms with Crippen LogP contribution in [0.3, 0.4) is 0 Å². The van der Waals surface area contributed by atoms with Crippen molar-refractivity contribution in [3.63, 3.8) is 0 Å². The fraction of sp³-hybridized carbons (Fsp3) is 0.400. The summed E-state index contributed by atoms with van der Waals surface area (Å²) in [7, 11) is 7.91. The van der Waals surface area contributed by atoms with Crippen LogP contribution in [0.1, 0.15) is 13.8 Å². The van der Waals surface area contributed by atoms with Crippen molar-refractivity contribution in [2.75, 3.05) is 4.57 Å². The zero-order valence-corrected chi connectivity index (χ0v) is 23.0. The quantitative estimate of drug-likeness (QED) is 0.290. The zero-order valence-electron chi connectivity index (χ0n) is 19.0. The van der Waals surface area contributed by atoms with E-state index in [1.54, 1.807) is 0 Å². The Labute approximate surface area is 206 Å². The predicted octanol–water partition coefficient (Wildman–Crippen LogP) is 8.38. The molecule has 5 rings (SSSR count). The van der Waals surface area contributed by atoms with Crippen LogP contribution in [0.4, 0.5) is 11.4 Å². The number of benzene rings is 1. The SMILES string of the molecule is CC1(C)[N-]c2ccccc2N1[Si](C)(C)C1C2C=CC=CC2C2C=CC=CC21.[CH3-].[Cl][Ti][Cl]. The molecule has 1 saturated carbocycles. The van der Waals surface area contributed by atoms with E-state index in [4.69, 9.17) is 23.9 Å². The Kier molecular flexibility index (Phi) is 7.76. The maximum atomic E-state index is 5.11. The Bertz CT molecular complexity index is 875. The molecule has 1 aliphatic heterocycles. The van der Waals surface area contributed by atoms with Gasteiger partial charge < -0.3 is 17.3 Å². The third kappa shape index (κ3) is 4.29. The van der Waals surface area contributed by atoms with Crippen molar-refractivity contribution >= 4 is 38.2 Å². The van der Waals surface area contributed by atoms with E-state index in [2.05, 4.69) is 104 Å². The molecule has 1 heterocycles. The van der Waals surface area contributed by atoms with Crippen LogP contribution in [0, 0.1) is 31.1 Å². The molecule has 4 atom stereocenters. The summed E-state index contributed by atoms with van der Waals surface area (Å²) in [5.41, 5.74) is 3.00. The van der Waals surface area contributed by atoms with Crippen LogP contribution in [-0.4, -0.2) is 13.9 Å². The van der Waals surface area contributed by atoms with Crippen LogP contribution in [0.2, 0.25) is 18.6 Å². The molecular weight excluding hydrogens is 475 g/mol. The van der Waals surface area contributed by atoms with Gasteiger partial charge in [0.2, 0.25) is 0 Å².